The maximum absolute atomic E-state index is 12.9. The van der Waals surface area contributed by atoms with Crippen molar-refractivity contribution in [2.75, 3.05) is 0 Å². The topological polar surface area (TPSA) is 0 Å². The number of hydrogen-bond acceptors (Lipinski definition) is 0. The molecule has 4 aliphatic carbocycles. The van der Waals surface area contributed by atoms with Gasteiger partial charge in [-0.05, 0) is 55.8 Å². The molecule has 5 unspecified atom stereocenters. The van der Waals surface area contributed by atoms with Gasteiger partial charge in [-0.3, -0.25) is 0 Å². The molecule has 0 heterocycles. The van der Waals surface area contributed by atoms with E-state index in [0.29, 0.717) is 24.2 Å². The SMILES string of the molecule is FC(F)(F)C1CC2=C3C4CCC(C4)C3C1C2. The van der Waals surface area contributed by atoms with Gasteiger partial charge in [0.25, 0.3) is 0 Å². The van der Waals surface area contributed by atoms with E-state index in [1.807, 2.05) is 0 Å². The molecule has 0 aliphatic heterocycles. The molecule has 0 nitrogen and oxygen atoms in total. The van der Waals surface area contributed by atoms with Crippen molar-refractivity contribution in [2.24, 2.45) is 29.6 Å². The minimum atomic E-state index is -3.96. The van der Waals surface area contributed by atoms with Crippen LogP contribution in [-0.2, 0) is 0 Å². The zero-order valence-corrected chi connectivity index (χ0v) is 9.06. The minimum Gasteiger partial charge on any atom is -0.171 e. The van der Waals surface area contributed by atoms with Crippen molar-refractivity contribution in [3.63, 3.8) is 0 Å². The van der Waals surface area contributed by atoms with Gasteiger partial charge in [-0.15, -0.1) is 0 Å². The van der Waals surface area contributed by atoms with Crippen molar-refractivity contribution in [2.45, 2.75) is 38.3 Å². The molecule has 0 saturated heterocycles. The molecule has 3 saturated carbocycles. The van der Waals surface area contributed by atoms with Crippen LogP contribution < -0.4 is 0 Å². The zero-order valence-electron chi connectivity index (χ0n) is 9.06. The van der Waals surface area contributed by atoms with Gasteiger partial charge in [-0.1, -0.05) is 11.1 Å². The second-order valence-corrected chi connectivity index (χ2v) is 6.07. The van der Waals surface area contributed by atoms with Crippen LogP contribution in [0.4, 0.5) is 13.2 Å². The molecule has 4 aliphatic rings. The quantitative estimate of drug-likeness (QED) is 0.551. The molecule has 88 valence electrons. The third-order valence-electron chi connectivity index (χ3n) is 5.54. The van der Waals surface area contributed by atoms with E-state index >= 15 is 0 Å². The summed E-state index contributed by atoms with van der Waals surface area (Å²) in [6.45, 7) is 0. The van der Waals surface area contributed by atoms with E-state index in [1.54, 1.807) is 0 Å². The van der Waals surface area contributed by atoms with Crippen molar-refractivity contribution < 1.29 is 13.2 Å². The van der Waals surface area contributed by atoms with Crippen molar-refractivity contribution in [1.82, 2.24) is 0 Å². The highest BCUT2D eigenvalue weighted by Crippen LogP contribution is 2.67. The van der Waals surface area contributed by atoms with E-state index < -0.39 is 12.1 Å². The lowest BCUT2D eigenvalue weighted by molar-refractivity contribution is -0.188. The standard InChI is InChI=1S/C13H15F3/c14-13(15,16)10-5-8-4-9(10)12-7-2-1-6(3-7)11(8)12/h6-7,9-10,12H,1-5H2. The second-order valence-electron chi connectivity index (χ2n) is 6.07. The van der Waals surface area contributed by atoms with E-state index in [1.165, 1.54) is 30.4 Å². The fourth-order valence-electron chi connectivity index (χ4n) is 5.15. The number of hydrogen-bond donors (Lipinski definition) is 0. The summed E-state index contributed by atoms with van der Waals surface area (Å²) in [6.07, 6.45) is 0.793. The summed E-state index contributed by atoms with van der Waals surface area (Å²) in [5.74, 6) is 0.557. The summed E-state index contributed by atoms with van der Waals surface area (Å²) >= 11 is 0. The van der Waals surface area contributed by atoms with Gasteiger partial charge in [0.05, 0.1) is 5.92 Å². The molecular formula is C13H15F3. The maximum Gasteiger partial charge on any atom is 0.392 e. The van der Waals surface area contributed by atoms with Crippen LogP contribution >= 0.6 is 0 Å². The van der Waals surface area contributed by atoms with Crippen LogP contribution in [-0.4, -0.2) is 6.18 Å². The van der Waals surface area contributed by atoms with Crippen LogP contribution in [0.5, 0.6) is 0 Å². The summed E-state index contributed by atoms with van der Waals surface area (Å²) in [6, 6.07) is 0. The molecule has 3 heteroatoms. The first-order valence-electron chi connectivity index (χ1n) is 6.34. The Hall–Kier alpha value is -0.470. The lowest BCUT2D eigenvalue weighted by Gasteiger charge is -2.34. The summed E-state index contributed by atoms with van der Waals surface area (Å²) < 4.78 is 38.7. The highest BCUT2D eigenvalue weighted by molar-refractivity contribution is 5.38. The first kappa shape index (κ1) is 9.55. The molecule has 0 radical (unpaired) electrons. The predicted octanol–water partition coefficient (Wildman–Crippen LogP) is 3.93. The van der Waals surface area contributed by atoms with Crippen molar-refractivity contribution in [1.29, 1.82) is 0 Å². The molecule has 0 aromatic heterocycles. The normalized spacial score (nSPS) is 49.3. The zero-order chi connectivity index (χ0) is 11.1. The minimum absolute atomic E-state index is 0.0692. The third kappa shape index (κ3) is 0.981. The van der Waals surface area contributed by atoms with E-state index in [4.69, 9.17) is 0 Å². The number of halogens is 3. The Balaban J connectivity index is 1.74. The predicted molar refractivity (Wildman–Crippen MR) is 53.6 cm³/mol. The average Bonchev–Trinajstić information content (AvgIpc) is 2.94. The van der Waals surface area contributed by atoms with Gasteiger partial charge in [0.15, 0.2) is 0 Å². The Bertz CT molecular complexity index is 379. The molecule has 16 heavy (non-hydrogen) atoms. The summed E-state index contributed by atoms with van der Waals surface area (Å²) in [4.78, 5) is 0. The molecule has 0 aromatic carbocycles. The van der Waals surface area contributed by atoms with E-state index in [2.05, 4.69) is 0 Å². The highest BCUT2D eigenvalue weighted by Gasteiger charge is 2.61. The van der Waals surface area contributed by atoms with E-state index in [9.17, 15) is 13.2 Å². The molecule has 3 fully saturated rings. The highest BCUT2D eigenvalue weighted by atomic mass is 19.4. The van der Waals surface area contributed by atoms with E-state index in [-0.39, 0.29) is 5.92 Å². The number of rotatable bonds is 0. The van der Waals surface area contributed by atoms with Gasteiger partial charge >= 0.3 is 6.18 Å². The fraction of sp³-hybridized carbons (Fsp3) is 0.846. The summed E-state index contributed by atoms with van der Waals surface area (Å²) in [7, 11) is 0. The van der Waals surface area contributed by atoms with Gasteiger partial charge in [0, 0.05) is 0 Å². The Labute approximate surface area is 92.9 Å². The first-order chi connectivity index (χ1) is 7.55. The van der Waals surface area contributed by atoms with Crippen LogP contribution in [0, 0.1) is 29.6 Å². The Morgan fingerprint density at radius 2 is 1.88 bits per heavy atom. The van der Waals surface area contributed by atoms with Crippen LogP contribution in [0.25, 0.3) is 0 Å². The average molecular weight is 228 g/mol. The summed E-state index contributed by atoms with van der Waals surface area (Å²) in [5, 5.41) is 0. The van der Waals surface area contributed by atoms with Crippen LogP contribution in [0.1, 0.15) is 32.1 Å². The second kappa shape index (κ2) is 2.68. The fourth-order valence-corrected chi connectivity index (χ4v) is 5.15. The molecule has 0 N–H and O–H groups in total. The molecule has 5 atom stereocenters. The van der Waals surface area contributed by atoms with Crippen LogP contribution in [0.15, 0.2) is 11.1 Å². The molecule has 0 amide bonds. The molecule has 0 spiro atoms. The molecule has 4 bridgehead atoms. The maximum atomic E-state index is 12.9. The third-order valence-corrected chi connectivity index (χ3v) is 5.54. The largest absolute Gasteiger partial charge is 0.392 e. The van der Waals surface area contributed by atoms with E-state index in [0.717, 1.165) is 6.42 Å². The first-order valence-corrected chi connectivity index (χ1v) is 6.34. The van der Waals surface area contributed by atoms with Gasteiger partial charge in [-0.2, -0.15) is 13.2 Å². The van der Waals surface area contributed by atoms with Crippen molar-refractivity contribution >= 4 is 0 Å². The lowest BCUT2D eigenvalue weighted by Crippen LogP contribution is -2.34. The Kier molecular flexibility index (Phi) is 1.60. The Morgan fingerprint density at radius 1 is 1.06 bits per heavy atom. The number of allylic oxidation sites excluding steroid dienone is 2. The number of alkyl halides is 3. The van der Waals surface area contributed by atoms with Crippen LogP contribution in [0.2, 0.25) is 0 Å². The van der Waals surface area contributed by atoms with Gasteiger partial charge in [0.2, 0.25) is 0 Å². The number of fused-ring (bicyclic) bond motifs is 8. The monoisotopic (exact) mass is 228 g/mol. The molecular weight excluding hydrogens is 213 g/mol. The van der Waals surface area contributed by atoms with Crippen LogP contribution in [0.3, 0.4) is 0 Å². The smallest absolute Gasteiger partial charge is 0.171 e. The van der Waals surface area contributed by atoms with Gasteiger partial charge < -0.3 is 0 Å². The van der Waals surface area contributed by atoms with Crippen molar-refractivity contribution in [3.05, 3.63) is 11.1 Å². The lowest BCUT2D eigenvalue weighted by atomic mass is 9.72. The van der Waals surface area contributed by atoms with Gasteiger partial charge in [-0.25, -0.2) is 0 Å². The van der Waals surface area contributed by atoms with Gasteiger partial charge in [0.1, 0.15) is 0 Å². The summed E-state index contributed by atoms with van der Waals surface area (Å²) in [5.41, 5.74) is 2.71. The molecule has 0 aromatic rings. The van der Waals surface area contributed by atoms with Crippen molar-refractivity contribution in [3.8, 4) is 0 Å². The Morgan fingerprint density at radius 3 is 2.62 bits per heavy atom. The molecule has 4 rings (SSSR count).